The highest BCUT2D eigenvalue weighted by molar-refractivity contribution is 7.13. The van der Waals surface area contributed by atoms with Crippen molar-refractivity contribution in [1.82, 2.24) is 15.0 Å². The number of rotatable bonds is 4. The first-order chi connectivity index (χ1) is 11.7. The molecular formula is C17H24N6OS. The molecule has 8 heteroatoms. The second-order valence-corrected chi connectivity index (χ2v) is 8.53. The summed E-state index contributed by atoms with van der Waals surface area (Å²) in [6, 6.07) is -0.275. The zero-order chi connectivity index (χ0) is 18.2. The van der Waals surface area contributed by atoms with Crippen LogP contribution in [0.1, 0.15) is 46.7 Å². The maximum atomic E-state index is 12.4. The van der Waals surface area contributed by atoms with Crippen LogP contribution < -0.4 is 16.0 Å². The molecule has 134 valence electrons. The van der Waals surface area contributed by atoms with Crippen molar-refractivity contribution in [3.63, 3.8) is 0 Å². The lowest BCUT2D eigenvalue weighted by Crippen LogP contribution is -2.40. The van der Waals surface area contributed by atoms with Gasteiger partial charge in [0.1, 0.15) is 18.1 Å². The van der Waals surface area contributed by atoms with Crippen LogP contribution in [0.5, 0.6) is 0 Å². The van der Waals surface area contributed by atoms with Crippen molar-refractivity contribution in [3.05, 3.63) is 17.4 Å². The average molecular weight is 360 g/mol. The fraction of sp³-hybridized carbons (Fsp3) is 0.529. The predicted octanol–water partition coefficient (Wildman–Crippen LogP) is 3.75. The molecule has 7 nitrogen and oxygen atoms in total. The van der Waals surface area contributed by atoms with Gasteiger partial charge in [-0.15, -0.1) is 11.3 Å². The molecule has 1 unspecified atom stereocenters. The molecule has 0 aliphatic carbocycles. The van der Waals surface area contributed by atoms with Crippen molar-refractivity contribution in [2.45, 2.75) is 52.5 Å². The SMILES string of the molecule is CC(C)CC1Nc2ncnc(Nc3nc(C(C)(C)C)cs3)c2NC1=O. The van der Waals surface area contributed by atoms with Gasteiger partial charge >= 0.3 is 0 Å². The summed E-state index contributed by atoms with van der Waals surface area (Å²) in [6.45, 7) is 10.5. The lowest BCUT2D eigenvalue weighted by Gasteiger charge is -2.27. The number of nitrogens with zero attached hydrogens (tertiary/aromatic N) is 3. The van der Waals surface area contributed by atoms with E-state index < -0.39 is 0 Å². The van der Waals surface area contributed by atoms with Gasteiger partial charge in [0.15, 0.2) is 16.8 Å². The number of fused-ring (bicyclic) bond motifs is 1. The van der Waals surface area contributed by atoms with E-state index in [1.807, 2.05) is 5.38 Å². The molecule has 0 bridgehead atoms. The van der Waals surface area contributed by atoms with Gasteiger partial charge in [-0.25, -0.2) is 15.0 Å². The Hall–Kier alpha value is -2.22. The number of aromatic nitrogens is 3. The number of carbonyl (C=O) groups is 1. The van der Waals surface area contributed by atoms with Crippen LogP contribution in [0.2, 0.25) is 0 Å². The zero-order valence-electron chi connectivity index (χ0n) is 15.2. The summed E-state index contributed by atoms with van der Waals surface area (Å²) in [5.74, 6) is 1.53. The molecule has 0 aromatic carbocycles. The fourth-order valence-electron chi connectivity index (χ4n) is 2.56. The van der Waals surface area contributed by atoms with Crippen LogP contribution in [0.3, 0.4) is 0 Å². The summed E-state index contributed by atoms with van der Waals surface area (Å²) < 4.78 is 0. The first-order valence-electron chi connectivity index (χ1n) is 8.39. The van der Waals surface area contributed by atoms with Crippen LogP contribution in [0.4, 0.5) is 22.5 Å². The maximum absolute atomic E-state index is 12.4. The van der Waals surface area contributed by atoms with Gasteiger partial charge in [-0.05, 0) is 12.3 Å². The summed E-state index contributed by atoms with van der Waals surface area (Å²) in [5.41, 5.74) is 1.57. The van der Waals surface area contributed by atoms with E-state index in [2.05, 4.69) is 65.5 Å². The third-order valence-corrected chi connectivity index (χ3v) is 4.69. The maximum Gasteiger partial charge on any atom is 0.247 e. The molecule has 3 N–H and O–H groups in total. The smallest absolute Gasteiger partial charge is 0.247 e. The minimum absolute atomic E-state index is 0.0125. The van der Waals surface area contributed by atoms with Crippen molar-refractivity contribution in [2.75, 3.05) is 16.0 Å². The van der Waals surface area contributed by atoms with Gasteiger partial charge in [0.25, 0.3) is 0 Å². The molecule has 1 atom stereocenters. The monoisotopic (exact) mass is 360 g/mol. The summed E-state index contributed by atoms with van der Waals surface area (Å²) >= 11 is 1.52. The second-order valence-electron chi connectivity index (χ2n) is 7.67. The molecule has 1 aliphatic rings. The third kappa shape index (κ3) is 3.89. The number of carbonyl (C=O) groups excluding carboxylic acids is 1. The van der Waals surface area contributed by atoms with Gasteiger partial charge in [-0.1, -0.05) is 34.6 Å². The molecule has 0 fully saturated rings. The van der Waals surface area contributed by atoms with Crippen molar-refractivity contribution in [3.8, 4) is 0 Å². The van der Waals surface area contributed by atoms with E-state index >= 15 is 0 Å². The van der Waals surface area contributed by atoms with Gasteiger partial charge < -0.3 is 16.0 Å². The quantitative estimate of drug-likeness (QED) is 0.769. The molecule has 2 aromatic heterocycles. The van der Waals surface area contributed by atoms with Crippen LogP contribution in [-0.2, 0) is 10.2 Å². The minimum atomic E-state index is -0.275. The van der Waals surface area contributed by atoms with E-state index in [-0.39, 0.29) is 17.4 Å². The van der Waals surface area contributed by atoms with Gasteiger partial charge in [0.2, 0.25) is 5.91 Å². The van der Waals surface area contributed by atoms with Gasteiger partial charge in [0, 0.05) is 10.8 Å². The molecule has 0 spiro atoms. The fourth-order valence-corrected chi connectivity index (χ4v) is 3.50. The highest BCUT2D eigenvalue weighted by atomic mass is 32.1. The molecule has 2 aromatic rings. The lowest BCUT2D eigenvalue weighted by molar-refractivity contribution is -0.117. The van der Waals surface area contributed by atoms with Gasteiger partial charge in [0.05, 0.1) is 5.69 Å². The Kier molecular flexibility index (Phi) is 4.64. The molecule has 3 heterocycles. The number of thiazole rings is 1. The number of anilines is 4. The van der Waals surface area contributed by atoms with Crippen LogP contribution in [0.25, 0.3) is 0 Å². The molecule has 0 saturated carbocycles. The first kappa shape index (κ1) is 17.6. The van der Waals surface area contributed by atoms with E-state index in [1.165, 1.54) is 17.7 Å². The van der Waals surface area contributed by atoms with E-state index in [9.17, 15) is 4.79 Å². The van der Waals surface area contributed by atoms with E-state index in [0.717, 1.165) is 17.2 Å². The summed E-state index contributed by atoms with van der Waals surface area (Å²) in [4.78, 5) is 25.5. The van der Waals surface area contributed by atoms with E-state index in [1.54, 1.807) is 0 Å². The molecule has 1 amide bonds. The highest BCUT2D eigenvalue weighted by Gasteiger charge is 2.29. The summed E-state index contributed by atoms with van der Waals surface area (Å²) in [6.07, 6.45) is 2.23. The molecule has 0 radical (unpaired) electrons. The first-order valence-corrected chi connectivity index (χ1v) is 9.27. The Bertz CT molecular complexity index is 780. The molecule has 1 aliphatic heterocycles. The second kappa shape index (κ2) is 6.59. The van der Waals surface area contributed by atoms with Crippen molar-refractivity contribution < 1.29 is 4.79 Å². The van der Waals surface area contributed by atoms with Crippen LogP contribution in [0.15, 0.2) is 11.7 Å². The Labute approximate surface area is 151 Å². The molecule has 0 saturated heterocycles. The van der Waals surface area contributed by atoms with Gasteiger partial charge in [-0.2, -0.15) is 0 Å². The summed E-state index contributed by atoms with van der Waals surface area (Å²) in [7, 11) is 0. The Balaban J connectivity index is 1.83. The molecular weight excluding hydrogens is 336 g/mol. The summed E-state index contributed by atoms with van der Waals surface area (Å²) in [5, 5.41) is 12.1. The van der Waals surface area contributed by atoms with Crippen molar-refractivity contribution in [2.24, 2.45) is 5.92 Å². The highest BCUT2D eigenvalue weighted by Crippen LogP contribution is 2.35. The zero-order valence-corrected chi connectivity index (χ0v) is 16.0. The average Bonchev–Trinajstić information content (AvgIpc) is 2.97. The lowest BCUT2D eigenvalue weighted by atomic mass is 9.93. The molecule has 3 rings (SSSR count). The third-order valence-electron chi connectivity index (χ3n) is 3.93. The normalized spacial score (nSPS) is 17.0. The van der Waals surface area contributed by atoms with Crippen LogP contribution >= 0.6 is 11.3 Å². The number of hydrogen-bond acceptors (Lipinski definition) is 7. The number of nitrogens with one attached hydrogen (secondary N) is 3. The largest absolute Gasteiger partial charge is 0.356 e. The standard InChI is InChI=1S/C17H24N6OS/c1-9(2)6-10-15(24)22-12-13(20-10)18-8-19-14(12)23-16-21-11(7-25-16)17(3,4)5/h7-10H,6H2,1-5H3,(H,22,24)(H2,18,19,20,21,23). The minimum Gasteiger partial charge on any atom is -0.356 e. The van der Waals surface area contributed by atoms with Crippen molar-refractivity contribution in [1.29, 1.82) is 0 Å². The number of amides is 1. The van der Waals surface area contributed by atoms with Gasteiger partial charge in [-0.3, -0.25) is 4.79 Å². The molecule has 25 heavy (non-hydrogen) atoms. The Morgan fingerprint density at radius 2 is 2.08 bits per heavy atom. The number of hydrogen-bond donors (Lipinski definition) is 3. The topological polar surface area (TPSA) is 91.8 Å². The predicted molar refractivity (Wildman–Crippen MR) is 102 cm³/mol. The van der Waals surface area contributed by atoms with Crippen LogP contribution in [0, 0.1) is 5.92 Å². The van der Waals surface area contributed by atoms with E-state index in [0.29, 0.717) is 23.2 Å². The van der Waals surface area contributed by atoms with E-state index in [4.69, 9.17) is 0 Å². The Morgan fingerprint density at radius 3 is 2.72 bits per heavy atom. The van der Waals surface area contributed by atoms with Crippen LogP contribution in [-0.4, -0.2) is 26.9 Å². The Morgan fingerprint density at radius 1 is 1.32 bits per heavy atom. The van der Waals surface area contributed by atoms with Crippen molar-refractivity contribution >= 4 is 39.7 Å².